The number of likely N-dealkylation sites (tertiary alicyclic amines) is 1. The van der Waals surface area contributed by atoms with E-state index in [0.717, 1.165) is 18.6 Å². The number of carbonyl (C=O) groups excluding carboxylic acids is 2. The van der Waals surface area contributed by atoms with Gasteiger partial charge >= 0.3 is 18.2 Å². The second kappa shape index (κ2) is 9.38. The van der Waals surface area contributed by atoms with Crippen LogP contribution in [0, 0.1) is 0 Å². The van der Waals surface area contributed by atoms with Crippen LogP contribution in [-0.2, 0) is 17.5 Å². The molecule has 1 heterocycles. The highest BCUT2D eigenvalue weighted by Gasteiger charge is 2.33. The molecule has 2 aromatic rings. The number of urea groups is 1. The Morgan fingerprint density at radius 1 is 1.13 bits per heavy atom. The van der Waals surface area contributed by atoms with E-state index >= 15 is 0 Å². The number of hydrogen-bond acceptors (Lipinski definition) is 4. The first-order valence-corrected chi connectivity index (χ1v) is 9.78. The molecule has 166 valence electrons. The maximum absolute atomic E-state index is 13.3. The monoisotopic (exact) mass is 436 g/mol. The molecule has 2 amide bonds. The van der Waals surface area contributed by atoms with Crippen molar-refractivity contribution in [1.29, 1.82) is 0 Å². The first kappa shape index (κ1) is 22.6. The van der Waals surface area contributed by atoms with Crippen LogP contribution in [0.25, 0.3) is 0 Å². The van der Waals surface area contributed by atoms with Crippen molar-refractivity contribution in [2.75, 3.05) is 25.2 Å². The van der Waals surface area contributed by atoms with Crippen molar-refractivity contribution < 1.29 is 32.6 Å². The van der Waals surface area contributed by atoms with Gasteiger partial charge in [-0.15, -0.1) is 0 Å². The van der Waals surface area contributed by atoms with Crippen LogP contribution < -0.4 is 4.90 Å². The first-order valence-electron chi connectivity index (χ1n) is 9.78. The molecule has 1 fully saturated rings. The summed E-state index contributed by atoms with van der Waals surface area (Å²) < 4.78 is 43.5. The normalized spacial score (nSPS) is 16.3. The van der Waals surface area contributed by atoms with Crippen LogP contribution >= 0.6 is 0 Å². The van der Waals surface area contributed by atoms with E-state index in [1.165, 1.54) is 24.1 Å². The molecular formula is C22H23F3N2O4. The summed E-state index contributed by atoms with van der Waals surface area (Å²) in [6, 6.07) is 10.1. The maximum atomic E-state index is 13.3. The third-order valence-electron chi connectivity index (χ3n) is 5.29. The number of ether oxygens (including phenoxy) is 1. The van der Waals surface area contributed by atoms with Gasteiger partial charge in [-0.25, -0.2) is 9.59 Å². The van der Waals surface area contributed by atoms with E-state index in [2.05, 4.69) is 4.74 Å². The van der Waals surface area contributed by atoms with Gasteiger partial charge in [0.05, 0.1) is 37.4 Å². The summed E-state index contributed by atoms with van der Waals surface area (Å²) >= 11 is 0. The molecule has 0 saturated carbocycles. The van der Waals surface area contributed by atoms with Gasteiger partial charge in [0.2, 0.25) is 0 Å². The van der Waals surface area contributed by atoms with Gasteiger partial charge < -0.3 is 14.7 Å². The topological polar surface area (TPSA) is 70.1 Å². The van der Waals surface area contributed by atoms with Gasteiger partial charge in [0.1, 0.15) is 0 Å². The SMILES string of the molecule is COC(=O)c1ccc(CN(C(=O)N2CCCC2CO)c2ccc(C(F)(F)F)cc2)cc1. The summed E-state index contributed by atoms with van der Waals surface area (Å²) in [4.78, 5) is 27.8. The number of aliphatic hydroxyl groups excluding tert-OH is 1. The van der Waals surface area contributed by atoms with Crippen LogP contribution in [0.2, 0.25) is 0 Å². The van der Waals surface area contributed by atoms with E-state index < -0.39 is 23.7 Å². The van der Waals surface area contributed by atoms with Gasteiger partial charge in [0.15, 0.2) is 0 Å². The molecule has 0 bridgehead atoms. The fourth-order valence-corrected chi connectivity index (χ4v) is 3.58. The van der Waals surface area contributed by atoms with Gasteiger partial charge in [-0.3, -0.25) is 4.90 Å². The molecule has 9 heteroatoms. The number of esters is 1. The summed E-state index contributed by atoms with van der Waals surface area (Å²) in [6.45, 7) is 0.364. The molecule has 0 aliphatic carbocycles. The number of aliphatic hydroxyl groups is 1. The molecule has 1 aliphatic heterocycles. The third-order valence-corrected chi connectivity index (χ3v) is 5.29. The molecule has 1 aliphatic rings. The van der Waals surface area contributed by atoms with Crippen molar-refractivity contribution in [3.05, 3.63) is 65.2 Å². The van der Waals surface area contributed by atoms with Gasteiger partial charge in [-0.2, -0.15) is 13.2 Å². The molecule has 1 saturated heterocycles. The number of methoxy groups -OCH3 is 1. The lowest BCUT2D eigenvalue weighted by Gasteiger charge is -2.31. The van der Waals surface area contributed by atoms with Crippen LogP contribution in [0.3, 0.4) is 0 Å². The van der Waals surface area contributed by atoms with Gasteiger partial charge in [-0.05, 0) is 54.8 Å². The molecule has 2 aromatic carbocycles. The standard InChI is InChI=1S/C22H23F3N2O4/c1-31-20(29)16-6-4-15(5-7-16)13-27(21(30)26-12-2-3-19(26)14-28)18-10-8-17(9-11-18)22(23,24)25/h4-11,19,28H,2-3,12-14H2,1H3. The molecule has 1 N–H and O–H groups in total. The zero-order chi connectivity index (χ0) is 22.6. The Bertz CT molecular complexity index is 914. The number of carbonyl (C=O) groups is 2. The average Bonchev–Trinajstić information content (AvgIpc) is 3.25. The molecule has 1 atom stereocenters. The fraction of sp³-hybridized carbons (Fsp3) is 0.364. The smallest absolute Gasteiger partial charge is 0.416 e. The lowest BCUT2D eigenvalue weighted by molar-refractivity contribution is -0.137. The van der Waals surface area contributed by atoms with Gasteiger partial charge in [0.25, 0.3) is 0 Å². The summed E-state index contributed by atoms with van der Waals surface area (Å²) in [5.74, 6) is -0.495. The van der Waals surface area contributed by atoms with Crippen molar-refractivity contribution in [1.82, 2.24) is 4.90 Å². The minimum Gasteiger partial charge on any atom is -0.465 e. The second-order valence-corrected chi connectivity index (χ2v) is 7.27. The van der Waals surface area contributed by atoms with Crippen molar-refractivity contribution >= 4 is 17.7 Å². The highest BCUT2D eigenvalue weighted by Crippen LogP contribution is 2.31. The van der Waals surface area contributed by atoms with E-state index in [1.807, 2.05) is 0 Å². The van der Waals surface area contributed by atoms with Crippen LogP contribution in [0.15, 0.2) is 48.5 Å². The molecule has 0 radical (unpaired) electrons. The Morgan fingerprint density at radius 2 is 1.77 bits per heavy atom. The maximum Gasteiger partial charge on any atom is 0.416 e. The van der Waals surface area contributed by atoms with Crippen molar-refractivity contribution in [3.8, 4) is 0 Å². The Hall–Kier alpha value is -3.07. The van der Waals surface area contributed by atoms with Gasteiger partial charge in [0, 0.05) is 12.2 Å². The average molecular weight is 436 g/mol. The number of benzene rings is 2. The van der Waals surface area contributed by atoms with Crippen LogP contribution in [0.5, 0.6) is 0 Å². The zero-order valence-electron chi connectivity index (χ0n) is 16.9. The number of rotatable bonds is 5. The van der Waals surface area contributed by atoms with Gasteiger partial charge in [-0.1, -0.05) is 12.1 Å². The van der Waals surface area contributed by atoms with Crippen LogP contribution in [-0.4, -0.2) is 48.3 Å². The number of halogens is 3. The molecule has 31 heavy (non-hydrogen) atoms. The summed E-state index contributed by atoms with van der Waals surface area (Å²) in [6.07, 6.45) is -3.07. The van der Waals surface area contributed by atoms with Crippen LogP contribution in [0.4, 0.5) is 23.7 Å². The Balaban J connectivity index is 1.90. The highest BCUT2D eigenvalue weighted by molar-refractivity contribution is 5.92. The Labute approximate surface area is 177 Å². The number of hydrogen-bond donors (Lipinski definition) is 1. The van der Waals surface area contributed by atoms with E-state index in [-0.39, 0.29) is 19.2 Å². The zero-order valence-corrected chi connectivity index (χ0v) is 16.9. The molecule has 3 rings (SSSR count). The third kappa shape index (κ3) is 5.16. The molecule has 6 nitrogen and oxygen atoms in total. The largest absolute Gasteiger partial charge is 0.465 e. The Morgan fingerprint density at radius 3 is 2.32 bits per heavy atom. The predicted molar refractivity (Wildman–Crippen MR) is 108 cm³/mol. The summed E-state index contributed by atoms with van der Waals surface area (Å²) in [5, 5.41) is 9.58. The number of alkyl halides is 3. The molecular weight excluding hydrogens is 413 g/mol. The lowest BCUT2D eigenvalue weighted by atomic mass is 10.1. The Kier molecular flexibility index (Phi) is 6.84. The van der Waals surface area contributed by atoms with E-state index in [9.17, 15) is 27.9 Å². The van der Waals surface area contributed by atoms with Crippen molar-refractivity contribution in [3.63, 3.8) is 0 Å². The summed E-state index contributed by atoms with van der Waals surface area (Å²) in [5.41, 5.74) is 0.526. The minimum atomic E-state index is -4.48. The minimum absolute atomic E-state index is 0.0836. The number of amides is 2. The number of anilines is 1. The van der Waals surface area contributed by atoms with Crippen LogP contribution in [0.1, 0.15) is 34.3 Å². The van der Waals surface area contributed by atoms with E-state index in [0.29, 0.717) is 29.8 Å². The quantitative estimate of drug-likeness (QED) is 0.718. The van der Waals surface area contributed by atoms with Crippen molar-refractivity contribution in [2.45, 2.75) is 31.6 Å². The second-order valence-electron chi connectivity index (χ2n) is 7.27. The van der Waals surface area contributed by atoms with E-state index in [1.54, 1.807) is 29.2 Å². The molecule has 1 unspecified atom stereocenters. The highest BCUT2D eigenvalue weighted by atomic mass is 19.4. The predicted octanol–water partition coefficient (Wildman–Crippen LogP) is 4.08. The summed E-state index contributed by atoms with van der Waals surface area (Å²) in [7, 11) is 1.27. The number of nitrogens with zero attached hydrogens (tertiary/aromatic N) is 2. The molecule has 0 spiro atoms. The van der Waals surface area contributed by atoms with Crippen molar-refractivity contribution in [2.24, 2.45) is 0 Å². The first-order chi connectivity index (χ1) is 14.7. The molecule has 0 aromatic heterocycles. The fourth-order valence-electron chi connectivity index (χ4n) is 3.58. The van der Waals surface area contributed by atoms with E-state index in [4.69, 9.17) is 0 Å². The lowest BCUT2D eigenvalue weighted by Crippen LogP contribution is -2.46.